The Kier molecular flexibility index (Phi) is 5.01. The van der Waals surface area contributed by atoms with Crippen molar-refractivity contribution in [3.8, 4) is 0 Å². The third-order valence-electron chi connectivity index (χ3n) is 2.72. The largest absolute Gasteiger partial charge is 0.370 e. The Balaban J connectivity index is 2.10. The summed E-state index contributed by atoms with van der Waals surface area (Å²) in [5.41, 5.74) is 5.38. The van der Waals surface area contributed by atoms with Crippen LogP contribution in [0.4, 0.5) is 0 Å². The van der Waals surface area contributed by atoms with Gasteiger partial charge in [0.25, 0.3) is 0 Å². The van der Waals surface area contributed by atoms with Crippen molar-refractivity contribution in [2.45, 2.75) is 25.0 Å². The molecule has 0 radical (unpaired) electrons. The fourth-order valence-corrected chi connectivity index (χ4v) is 1.48. The normalized spacial score (nSPS) is 17.9. The van der Waals surface area contributed by atoms with Gasteiger partial charge < -0.3 is 20.7 Å². The first-order valence-corrected chi connectivity index (χ1v) is 5.39. The molecule has 0 bridgehead atoms. The molecule has 5 nitrogen and oxygen atoms in total. The quantitative estimate of drug-likeness (QED) is 0.582. The summed E-state index contributed by atoms with van der Waals surface area (Å²) in [5, 5.41) is 2.81. The number of amides is 1. The van der Waals surface area contributed by atoms with Crippen molar-refractivity contribution in [3.05, 3.63) is 0 Å². The smallest absolute Gasteiger partial charge is 0.250 e. The third-order valence-corrected chi connectivity index (χ3v) is 2.72. The van der Waals surface area contributed by atoms with E-state index >= 15 is 0 Å². The molecule has 1 saturated carbocycles. The van der Waals surface area contributed by atoms with Crippen LogP contribution in [0.2, 0.25) is 0 Å². The third kappa shape index (κ3) is 4.15. The first-order valence-electron chi connectivity index (χ1n) is 5.39. The van der Waals surface area contributed by atoms with Crippen molar-refractivity contribution in [2.24, 2.45) is 5.73 Å². The van der Waals surface area contributed by atoms with Crippen LogP contribution < -0.4 is 11.1 Å². The molecule has 0 aromatic rings. The Bertz CT molecular complexity index is 203. The highest BCUT2D eigenvalue weighted by Crippen LogP contribution is 2.24. The first kappa shape index (κ1) is 12.4. The summed E-state index contributed by atoms with van der Waals surface area (Å²) in [6, 6.07) is 0.731. The number of methoxy groups -OCH3 is 1. The summed E-state index contributed by atoms with van der Waals surface area (Å²) >= 11 is 0. The van der Waals surface area contributed by atoms with E-state index in [-0.39, 0.29) is 12.5 Å². The van der Waals surface area contributed by atoms with Gasteiger partial charge in [-0.3, -0.25) is 4.79 Å². The highest BCUT2D eigenvalue weighted by atomic mass is 16.5. The minimum absolute atomic E-state index is 0.121. The molecule has 1 rings (SSSR count). The summed E-state index contributed by atoms with van der Waals surface area (Å²) in [6.07, 6.45) is 2.05. The average molecular weight is 215 g/mol. The summed E-state index contributed by atoms with van der Waals surface area (Å²) in [6.45, 7) is 1.77. The van der Waals surface area contributed by atoms with Gasteiger partial charge in [0.2, 0.25) is 5.91 Å². The molecule has 0 saturated heterocycles. The van der Waals surface area contributed by atoms with Gasteiger partial charge in [-0.2, -0.15) is 0 Å². The van der Waals surface area contributed by atoms with Crippen molar-refractivity contribution in [2.75, 3.05) is 33.8 Å². The van der Waals surface area contributed by atoms with Crippen molar-refractivity contribution in [1.82, 2.24) is 10.2 Å². The minimum Gasteiger partial charge on any atom is -0.370 e. The fourth-order valence-electron chi connectivity index (χ4n) is 1.48. The van der Waals surface area contributed by atoms with Gasteiger partial charge in [0.15, 0.2) is 0 Å². The molecule has 0 aromatic heterocycles. The van der Waals surface area contributed by atoms with Gasteiger partial charge in [0, 0.05) is 32.8 Å². The van der Waals surface area contributed by atoms with Gasteiger partial charge in [-0.15, -0.1) is 0 Å². The molecule has 15 heavy (non-hydrogen) atoms. The SMILES string of the molecule is COC(CN)C(=O)NCCN(C)C1CC1. The number of carbonyl (C=O) groups excluding carboxylic acids is 1. The van der Waals surface area contributed by atoms with Gasteiger partial charge in [-0.05, 0) is 19.9 Å². The fraction of sp³-hybridized carbons (Fsp3) is 0.900. The zero-order chi connectivity index (χ0) is 11.3. The molecule has 88 valence electrons. The number of nitrogens with two attached hydrogens (primary N) is 1. The highest BCUT2D eigenvalue weighted by Gasteiger charge is 2.25. The van der Waals surface area contributed by atoms with Gasteiger partial charge in [-0.1, -0.05) is 0 Å². The molecule has 1 unspecified atom stereocenters. The molecular formula is C10H21N3O2. The molecule has 1 aliphatic rings. The second-order valence-corrected chi connectivity index (χ2v) is 3.96. The van der Waals surface area contributed by atoms with Crippen LogP contribution in [0.15, 0.2) is 0 Å². The number of carbonyl (C=O) groups is 1. The lowest BCUT2D eigenvalue weighted by atomic mass is 10.3. The van der Waals surface area contributed by atoms with Crippen LogP contribution in [0.5, 0.6) is 0 Å². The van der Waals surface area contributed by atoms with Crippen molar-refractivity contribution in [1.29, 1.82) is 0 Å². The zero-order valence-electron chi connectivity index (χ0n) is 9.53. The monoisotopic (exact) mass is 215 g/mol. The number of ether oxygens (including phenoxy) is 1. The standard InChI is InChI=1S/C10H21N3O2/c1-13(8-3-4-8)6-5-12-10(14)9(7-11)15-2/h8-9H,3-7,11H2,1-2H3,(H,12,14). The first-order chi connectivity index (χ1) is 7.19. The maximum atomic E-state index is 11.4. The maximum absolute atomic E-state index is 11.4. The van der Waals surface area contributed by atoms with Crippen LogP contribution in [0.25, 0.3) is 0 Å². The minimum atomic E-state index is -0.517. The van der Waals surface area contributed by atoms with Crippen LogP contribution in [-0.2, 0) is 9.53 Å². The van der Waals surface area contributed by atoms with E-state index in [0.29, 0.717) is 6.54 Å². The number of nitrogens with one attached hydrogen (secondary N) is 1. The van der Waals surface area contributed by atoms with Crippen LogP contribution in [0.1, 0.15) is 12.8 Å². The second-order valence-electron chi connectivity index (χ2n) is 3.96. The lowest BCUT2D eigenvalue weighted by Gasteiger charge is -2.17. The Morgan fingerprint density at radius 1 is 1.67 bits per heavy atom. The molecule has 0 spiro atoms. The molecule has 0 heterocycles. The average Bonchev–Trinajstić information content (AvgIpc) is 3.02. The molecule has 5 heteroatoms. The molecule has 0 aromatic carbocycles. The Hall–Kier alpha value is -0.650. The van der Waals surface area contributed by atoms with Crippen LogP contribution in [0, 0.1) is 0 Å². The highest BCUT2D eigenvalue weighted by molar-refractivity contribution is 5.80. The van der Waals surface area contributed by atoms with E-state index in [1.54, 1.807) is 0 Å². The molecular weight excluding hydrogens is 194 g/mol. The van der Waals surface area contributed by atoms with Crippen molar-refractivity contribution < 1.29 is 9.53 Å². The molecule has 1 amide bonds. The number of hydrogen-bond acceptors (Lipinski definition) is 4. The number of rotatable bonds is 7. The van der Waals surface area contributed by atoms with Crippen LogP contribution in [-0.4, -0.2) is 56.7 Å². The number of likely N-dealkylation sites (N-methyl/N-ethyl adjacent to an activating group) is 1. The maximum Gasteiger partial charge on any atom is 0.250 e. The topological polar surface area (TPSA) is 67.6 Å². The molecule has 1 aliphatic carbocycles. The van der Waals surface area contributed by atoms with E-state index in [1.807, 2.05) is 0 Å². The van der Waals surface area contributed by atoms with Crippen LogP contribution in [0.3, 0.4) is 0 Å². The lowest BCUT2D eigenvalue weighted by molar-refractivity contribution is -0.130. The van der Waals surface area contributed by atoms with Gasteiger partial charge in [-0.25, -0.2) is 0 Å². The van der Waals surface area contributed by atoms with Crippen molar-refractivity contribution in [3.63, 3.8) is 0 Å². The Labute approximate surface area is 90.9 Å². The van der Waals surface area contributed by atoms with E-state index in [9.17, 15) is 4.79 Å². The van der Waals surface area contributed by atoms with Crippen molar-refractivity contribution >= 4 is 5.91 Å². The second kappa shape index (κ2) is 6.05. The van der Waals surface area contributed by atoms with Crippen LogP contribution >= 0.6 is 0 Å². The molecule has 1 atom stereocenters. The summed E-state index contributed by atoms with van der Waals surface area (Å²) in [4.78, 5) is 13.7. The molecule has 0 aliphatic heterocycles. The molecule has 1 fully saturated rings. The van der Waals surface area contributed by atoms with E-state index in [1.165, 1.54) is 20.0 Å². The number of nitrogens with zero attached hydrogens (tertiary/aromatic N) is 1. The van der Waals surface area contributed by atoms with E-state index in [4.69, 9.17) is 10.5 Å². The Morgan fingerprint density at radius 2 is 2.33 bits per heavy atom. The van der Waals surface area contributed by atoms with Gasteiger partial charge >= 0.3 is 0 Å². The van der Waals surface area contributed by atoms with Gasteiger partial charge in [0.1, 0.15) is 6.10 Å². The zero-order valence-corrected chi connectivity index (χ0v) is 9.53. The summed E-state index contributed by atoms with van der Waals surface area (Å²) < 4.78 is 4.93. The van der Waals surface area contributed by atoms with E-state index in [2.05, 4.69) is 17.3 Å². The van der Waals surface area contributed by atoms with E-state index < -0.39 is 6.10 Å². The lowest BCUT2D eigenvalue weighted by Crippen LogP contribution is -2.43. The van der Waals surface area contributed by atoms with E-state index in [0.717, 1.165) is 12.6 Å². The summed E-state index contributed by atoms with van der Waals surface area (Å²) in [7, 11) is 3.58. The number of hydrogen-bond donors (Lipinski definition) is 2. The summed E-state index contributed by atoms with van der Waals surface area (Å²) in [5.74, 6) is -0.121. The predicted octanol–water partition coefficient (Wildman–Crippen LogP) is -0.829. The van der Waals surface area contributed by atoms with Gasteiger partial charge in [0.05, 0.1) is 0 Å². The predicted molar refractivity (Wildman–Crippen MR) is 58.5 cm³/mol. The molecule has 3 N–H and O–H groups in total. The Morgan fingerprint density at radius 3 is 2.80 bits per heavy atom.